The van der Waals surface area contributed by atoms with Crippen LogP contribution in [0.1, 0.15) is 33.6 Å². The number of hydrogen-bond acceptors (Lipinski definition) is 2. The van der Waals surface area contributed by atoms with Gasteiger partial charge in [-0.3, -0.25) is 0 Å². The van der Waals surface area contributed by atoms with Gasteiger partial charge in [-0.1, -0.05) is 0 Å². The molecule has 0 radical (unpaired) electrons. The predicted octanol–water partition coefficient (Wildman–Crippen LogP) is 1.35. The van der Waals surface area contributed by atoms with Gasteiger partial charge in [-0.15, -0.1) is 0 Å². The van der Waals surface area contributed by atoms with Crippen LogP contribution in [0.15, 0.2) is 0 Å². The molecule has 0 aliphatic carbocycles. The molecule has 0 heterocycles. The topological polar surface area (TPSA) is 38.3 Å². The average molecular weight is 273 g/mol. The molecular formula is C11H20AsNO2. The Kier molecular flexibility index (Phi) is 7.34. The van der Waals surface area contributed by atoms with Crippen LogP contribution in [0.3, 0.4) is 0 Å². The fraction of sp³-hybridized carbons (Fsp3) is 0.727. The molecule has 0 bridgehead atoms. The summed E-state index contributed by atoms with van der Waals surface area (Å²) in [6.45, 7) is 6.08. The summed E-state index contributed by atoms with van der Waals surface area (Å²) < 4.78 is 5.07. The van der Waals surface area contributed by atoms with Crippen molar-refractivity contribution < 1.29 is 9.53 Å². The van der Waals surface area contributed by atoms with Crippen LogP contribution >= 0.6 is 0 Å². The molecular weight excluding hydrogens is 253 g/mol. The van der Waals surface area contributed by atoms with Crippen molar-refractivity contribution in [3.8, 4) is 11.8 Å². The summed E-state index contributed by atoms with van der Waals surface area (Å²) in [5.74, 6) is 6.02. The minimum atomic E-state index is -0.431. The first-order chi connectivity index (χ1) is 6.95. The van der Waals surface area contributed by atoms with Gasteiger partial charge in [0, 0.05) is 0 Å². The predicted molar refractivity (Wildman–Crippen MR) is 64.6 cm³/mol. The zero-order valence-electron chi connectivity index (χ0n) is 9.72. The van der Waals surface area contributed by atoms with Gasteiger partial charge in [-0.05, 0) is 0 Å². The molecule has 1 amide bonds. The first kappa shape index (κ1) is 14.4. The number of rotatable bonds is 3. The second kappa shape index (κ2) is 7.65. The molecule has 0 rings (SSSR count). The number of amides is 1. The van der Waals surface area contributed by atoms with E-state index in [-0.39, 0.29) is 6.09 Å². The van der Waals surface area contributed by atoms with Crippen molar-refractivity contribution in [2.24, 2.45) is 0 Å². The Labute approximate surface area is 101 Å². The molecule has 3 nitrogen and oxygen atoms in total. The van der Waals surface area contributed by atoms with Gasteiger partial charge in [0.2, 0.25) is 0 Å². The minimum absolute atomic E-state index is 0.372. The summed E-state index contributed by atoms with van der Waals surface area (Å²) in [7, 11) is 0. The van der Waals surface area contributed by atoms with E-state index in [2.05, 4.69) is 17.2 Å². The molecule has 0 fully saturated rings. The third-order valence-corrected chi connectivity index (χ3v) is 1.92. The third-order valence-electron chi connectivity index (χ3n) is 1.31. The molecule has 1 unspecified atom stereocenters. The van der Waals surface area contributed by atoms with Gasteiger partial charge in [0.25, 0.3) is 0 Å². The van der Waals surface area contributed by atoms with E-state index in [0.717, 1.165) is 11.6 Å². The summed E-state index contributed by atoms with van der Waals surface area (Å²) in [4.78, 5) is 11.2. The fourth-order valence-corrected chi connectivity index (χ4v) is 1.09. The molecule has 0 aromatic heterocycles. The Morgan fingerprint density at radius 1 is 1.33 bits per heavy atom. The zero-order valence-corrected chi connectivity index (χ0v) is 12.1. The van der Waals surface area contributed by atoms with E-state index in [1.165, 1.54) is 0 Å². The fourth-order valence-electron chi connectivity index (χ4n) is 0.790. The van der Waals surface area contributed by atoms with E-state index in [1.807, 2.05) is 20.8 Å². The Morgan fingerprint density at radius 2 is 1.93 bits per heavy atom. The second-order valence-electron chi connectivity index (χ2n) is 4.07. The Hall–Kier alpha value is -0.612. The van der Waals surface area contributed by atoms with Crippen molar-refractivity contribution >= 4 is 22.9 Å². The third kappa shape index (κ3) is 11.3. The SMILES string of the molecule is CC(C)(C)OC(=O)NCCC#CCC[AsH2]. The summed E-state index contributed by atoms with van der Waals surface area (Å²) in [5, 5.41) is 3.79. The molecule has 1 atom stereocenters. The van der Waals surface area contributed by atoms with Gasteiger partial charge in [0.15, 0.2) is 0 Å². The van der Waals surface area contributed by atoms with Gasteiger partial charge in [0.1, 0.15) is 0 Å². The molecule has 0 saturated carbocycles. The molecule has 0 aliphatic rings. The standard InChI is InChI=1S/C11H20AsNO2/c1-11(2,3)15-10(14)13-9-7-5-4-6-8-12/h6-9,12H2,1-3H3,(H,13,14). The average Bonchev–Trinajstić information content (AvgIpc) is 2.08. The normalized spacial score (nSPS) is 10.1. The van der Waals surface area contributed by atoms with Crippen molar-refractivity contribution in [2.45, 2.75) is 44.4 Å². The van der Waals surface area contributed by atoms with E-state index in [1.54, 1.807) is 16.9 Å². The number of carbonyl (C=O) groups excluding carboxylic acids is 1. The molecule has 0 aliphatic heterocycles. The number of nitrogens with one attached hydrogen (secondary N) is 1. The number of alkyl carbamates (subject to hydrolysis) is 1. The van der Waals surface area contributed by atoms with Gasteiger partial charge >= 0.3 is 101 Å². The van der Waals surface area contributed by atoms with E-state index in [0.29, 0.717) is 13.0 Å². The van der Waals surface area contributed by atoms with Gasteiger partial charge in [-0.25, -0.2) is 0 Å². The van der Waals surface area contributed by atoms with Crippen LogP contribution in [0.5, 0.6) is 0 Å². The first-order valence-electron chi connectivity index (χ1n) is 5.08. The molecule has 4 heteroatoms. The van der Waals surface area contributed by atoms with E-state index in [4.69, 9.17) is 4.74 Å². The van der Waals surface area contributed by atoms with Crippen LogP contribution in [-0.4, -0.2) is 35.1 Å². The molecule has 1 N–H and O–H groups in total. The van der Waals surface area contributed by atoms with Crippen LogP contribution in [0.4, 0.5) is 4.79 Å². The van der Waals surface area contributed by atoms with Crippen molar-refractivity contribution in [3.05, 3.63) is 0 Å². The van der Waals surface area contributed by atoms with Crippen LogP contribution in [0, 0.1) is 11.8 Å². The Morgan fingerprint density at radius 3 is 2.47 bits per heavy atom. The van der Waals surface area contributed by atoms with Crippen molar-refractivity contribution in [1.82, 2.24) is 5.32 Å². The molecule has 86 valence electrons. The molecule has 0 aromatic rings. The van der Waals surface area contributed by atoms with Crippen molar-refractivity contribution in [2.75, 3.05) is 6.54 Å². The Bertz CT molecular complexity index is 248. The van der Waals surface area contributed by atoms with Crippen LogP contribution in [0.2, 0.25) is 5.21 Å². The van der Waals surface area contributed by atoms with E-state index >= 15 is 0 Å². The maximum atomic E-state index is 11.2. The van der Waals surface area contributed by atoms with Crippen LogP contribution in [-0.2, 0) is 4.74 Å². The van der Waals surface area contributed by atoms with Gasteiger partial charge in [0.05, 0.1) is 0 Å². The molecule has 0 saturated heterocycles. The first-order valence-corrected chi connectivity index (χ1v) is 6.79. The molecule has 15 heavy (non-hydrogen) atoms. The summed E-state index contributed by atoms with van der Waals surface area (Å²) in [6, 6.07) is 0. The Balaban J connectivity index is 3.53. The van der Waals surface area contributed by atoms with Gasteiger partial charge < -0.3 is 0 Å². The van der Waals surface area contributed by atoms with Crippen LogP contribution in [0.25, 0.3) is 0 Å². The number of hydrogen-bond donors (Lipinski definition) is 1. The molecule has 0 spiro atoms. The van der Waals surface area contributed by atoms with Gasteiger partial charge in [-0.2, -0.15) is 0 Å². The van der Waals surface area contributed by atoms with Crippen molar-refractivity contribution in [3.63, 3.8) is 0 Å². The second-order valence-corrected chi connectivity index (χ2v) is 5.28. The quantitative estimate of drug-likeness (QED) is 0.479. The zero-order chi connectivity index (χ0) is 11.7. The van der Waals surface area contributed by atoms with E-state index in [9.17, 15) is 4.79 Å². The number of ether oxygens (including phenoxy) is 1. The van der Waals surface area contributed by atoms with Crippen LogP contribution < -0.4 is 5.32 Å². The van der Waals surface area contributed by atoms with E-state index < -0.39 is 5.60 Å². The monoisotopic (exact) mass is 273 g/mol. The van der Waals surface area contributed by atoms with Crippen molar-refractivity contribution in [1.29, 1.82) is 0 Å². The summed E-state index contributed by atoms with van der Waals surface area (Å²) in [5.41, 5.74) is -0.431. The summed E-state index contributed by atoms with van der Waals surface area (Å²) >= 11 is 1.69. The molecule has 0 aromatic carbocycles. The number of carbonyl (C=O) groups is 1. The maximum absolute atomic E-state index is 11.2. The summed E-state index contributed by atoms with van der Waals surface area (Å²) in [6.07, 6.45) is 1.27.